The second-order valence-corrected chi connectivity index (χ2v) is 4.67. The van der Waals surface area contributed by atoms with Gasteiger partial charge in [0.25, 0.3) is 0 Å². The van der Waals surface area contributed by atoms with Gasteiger partial charge in [0, 0.05) is 12.3 Å². The van der Waals surface area contributed by atoms with E-state index in [-0.39, 0.29) is 0 Å². The summed E-state index contributed by atoms with van der Waals surface area (Å²) in [5, 5.41) is 9.87. The average Bonchev–Trinajstić information content (AvgIpc) is 2.82. The number of aliphatic hydroxyl groups excluding tert-OH is 1. The fraction of sp³-hybridized carbons (Fsp3) is 0.571. The number of hydrogen-bond acceptors (Lipinski definition) is 2. The van der Waals surface area contributed by atoms with Gasteiger partial charge < -0.3 is 9.52 Å². The first-order chi connectivity index (χ1) is 7.72. The summed E-state index contributed by atoms with van der Waals surface area (Å²) in [4.78, 5) is 0. The van der Waals surface area contributed by atoms with Crippen LogP contribution in [-0.4, -0.2) is 5.11 Å². The van der Waals surface area contributed by atoms with Crippen LogP contribution in [0.3, 0.4) is 0 Å². The van der Waals surface area contributed by atoms with E-state index in [2.05, 4.69) is 12.8 Å². The van der Waals surface area contributed by atoms with E-state index in [0.29, 0.717) is 24.5 Å². The minimum atomic E-state index is -0.504. The van der Waals surface area contributed by atoms with Crippen LogP contribution in [0.4, 0.5) is 0 Å². The third-order valence-electron chi connectivity index (χ3n) is 3.25. The minimum absolute atomic E-state index is 0.504. The van der Waals surface area contributed by atoms with Gasteiger partial charge in [0.05, 0.1) is 0 Å². The Morgan fingerprint density at radius 1 is 1.62 bits per heavy atom. The molecule has 1 fully saturated rings. The molecule has 2 rings (SSSR count). The summed E-state index contributed by atoms with van der Waals surface area (Å²) in [6, 6.07) is 3.88. The van der Waals surface area contributed by atoms with Crippen molar-refractivity contribution < 1.29 is 9.52 Å². The van der Waals surface area contributed by atoms with Crippen LogP contribution in [0.25, 0.3) is 0 Å². The fourth-order valence-electron chi connectivity index (χ4n) is 2.01. The highest BCUT2D eigenvalue weighted by Gasteiger charge is 2.36. The Morgan fingerprint density at radius 2 is 2.38 bits per heavy atom. The molecule has 0 aliphatic heterocycles. The summed E-state index contributed by atoms with van der Waals surface area (Å²) in [6.45, 7) is 2.22. The summed E-state index contributed by atoms with van der Waals surface area (Å²) in [5.41, 5.74) is 0. The lowest BCUT2D eigenvalue weighted by Gasteiger charge is -2.05. The SMILES string of the molecule is C#CCCCC(O)c1ccc(C2CC2C)o1. The molecular weight excluding hydrogens is 200 g/mol. The smallest absolute Gasteiger partial charge is 0.132 e. The van der Waals surface area contributed by atoms with Gasteiger partial charge >= 0.3 is 0 Å². The monoisotopic (exact) mass is 218 g/mol. The number of rotatable bonds is 5. The molecule has 1 saturated carbocycles. The first-order valence-electron chi connectivity index (χ1n) is 5.93. The maximum atomic E-state index is 9.87. The van der Waals surface area contributed by atoms with Crippen molar-refractivity contribution in [3.63, 3.8) is 0 Å². The number of furan rings is 1. The average molecular weight is 218 g/mol. The second kappa shape index (κ2) is 4.76. The Balaban J connectivity index is 1.89. The number of aliphatic hydroxyl groups is 1. The predicted octanol–water partition coefficient (Wildman–Crippen LogP) is 3.24. The molecule has 1 aliphatic rings. The van der Waals surface area contributed by atoms with Crippen LogP contribution < -0.4 is 0 Å². The van der Waals surface area contributed by atoms with Gasteiger partial charge in [0.1, 0.15) is 17.6 Å². The summed E-state index contributed by atoms with van der Waals surface area (Å²) in [7, 11) is 0. The molecule has 1 heterocycles. The van der Waals surface area contributed by atoms with Gasteiger partial charge in [-0.1, -0.05) is 6.92 Å². The lowest BCUT2D eigenvalue weighted by Crippen LogP contribution is -1.94. The van der Waals surface area contributed by atoms with Crippen LogP contribution in [0.5, 0.6) is 0 Å². The molecule has 3 unspecified atom stereocenters. The minimum Gasteiger partial charge on any atom is -0.463 e. The molecule has 0 amide bonds. The molecule has 0 bridgehead atoms. The normalized spacial score (nSPS) is 25.1. The quantitative estimate of drug-likeness (QED) is 0.608. The van der Waals surface area contributed by atoms with E-state index in [1.807, 2.05) is 12.1 Å². The van der Waals surface area contributed by atoms with E-state index in [0.717, 1.165) is 18.1 Å². The molecule has 86 valence electrons. The molecular formula is C14H18O2. The highest BCUT2D eigenvalue weighted by Crippen LogP contribution is 2.47. The van der Waals surface area contributed by atoms with E-state index >= 15 is 0 Å². The molecule has 1 N–H and O–H groups in total. The van der Waals surface area contributed by atoms with Gasteiger partial charge in [-0.2, -0.15) is 0 Å². The van der Waals surface area contributed by atoms with Crippen molar-refractivity contribution in [1.82, 2.24) is 0 Å². The van der Waals surface area contributed by atoms with Gasteiger partial charge in [0.2, 0.25) is 0 Å². The standard InChI is InChI=1S/C14H18O2/c1-3-4-5-6-12(15)14-8-7-13(16-14)11-9-10(11)2/h1,7-8,10-12,15H,4-6,9H2,2H3. The Bertz CT molecular complexity index is 386. The maximum Gasteiger partial charge on any atom is 0.132 e. The first kappa shape index (κ1) is 11.3. The van der Waals surface area contributed by atoms with Gasteiger partial charge in [-0.3, -0.25) is 0 Å². The van der Waals surface area contributed by atoms with Crippen molar-refractivity contribution in [2.24, 2.45) is 5.92 Å². The molecule has 3 atom stereocenters. The summed E-state index contributed by atoms with van der Waals surface area (Å²) >= 11 is 0. The van der Waals surface area contributed by atoms with E-state index in [4.69, 9.17) is 10.8 Å². The lowest BCUT2D eigenvalue weighted by atomic mass is 10.1. The molecule has 2 nitrogen and oxygen atoms in total. The molecule has 2 heteroatoms. The highest BCUT2D eigenvalue weighted by molar-refractivity contribution is 5.18. The van der Waals surface area contributed by atoms with E-state index in [1.54, 1.807) is 0 Å². The topological polar surface area (TPSA) is 33.4 Å². The van der Waals surface area contributed by atoms with Crippen molar-refractivity contribution in [2.75, 3.05) is 0 Å². The molecule has 1 aromatic rings. The number of terminal acetylenes is 1. The predicted molar refractivity (Wildman–Crippen MR) is 62.9 cm³/mol. The molecule has 0 aromatic carbocycles. The Hall–Kier alpha value is -1.20. The fourth-order valence-corrected chi connectivity index (χ4v) is 2.01. The third-order valence-corrected chi connectivity index (χ3v) is 3.25. The van der Waals surface area contributed by atoms with E-state index in [9.17, 15) is 5.11 Å². The zero-order chi connectivity index (χ0) is 11.5. The summed E-state index contributed by atoms with van der Waals surface area (Å²) < 4.78 is 5.67. The summed E-state index contributed by atoms with van der Waals surface area (Å²) in [6.07, 6.45) is 8.10. The highest BCUT2D eigenvalue weighted by atomic mass is 16.4. The Kier molecular flexibility index (Phi) is 3.36. The number of unbranched alkanes of at least 4 members (excludes halogenated alkanes) is 1. The first-order valence-corrected chi connectivity index (χ1v) is 5.93. The van der Waals surface area contributed by atoms with Crippen LogP contribution in [0.1, 0.15) is 56.1 Å². The molecule has 0 radical (unpaired) electrons. The largest absolute Gasteiger partial charge is 0.463 e. The van der Waals surface area contributed by atoms with Gasteiger partial charge in [-0.05, 0) is 37.3 Å². The lowest BCUT2D eigenvalue weighted by molar-refractivity contribution is 0.136. The zero-order valence-corrected chi connectivity index (χ0v) is 9.65. The van der Waals surface area contributed by atoms with Gasteiger partial charge in [0.15, 0.2) is 0 Å². The Morgan fingerprint density at radius 3 is 3.00 bits per heavy atom. The maximum absolute atomic E-state index is 9.87. The van der Waals surface area contributed by atoms with Crippen LogP contribution in [0, 0.1) is 18.3 Å². The summed E-state index contributed by atoms with van der Waals surface area (Å²) in [5.74, 6) is 5.59. The van der Waals surface area contributed by atoms with Crippen molar-refractivity contribution in [3.8, 4) is 12.3 Å². The van der Waals surface area contributed by atoms with Gasteiger partial charge in [-0.25, -0.2) is 0 Å². The third kappa shape index (κ3) is 2.48. The van der Waals surface area contributed by atoms with E-state index in [1.165, 1.54) is 6.42 Å². The van der Waals surface area contributed by atoms with Crippen molar-refractivity contribution in [1.29, 1.82) is 0 Å². The van der Waals surface area contributed by atoms with Crippen molar-refractivity contribution >= 4 is 0 Å². The van der Waals surface area contributed by atoms with Crippen LogP contribution >= 0.6 is 0 Å². The molecule has 0 spiro atoms. The van der Waals surface area contributed by atoms with Crippen molar-refractivity contribution in [2.45, 2.75) is 44.6 Å². The Labute approximate surface area is 96.7 Å². The van der Waals surface area contributed by atoms with Crippen LogP contribution in [-0.2, 0) is 0 Å². The van der Waals surface area contributed by atoms with E-state index < -0.39 is 6.10 Å². The van der Waals surface area contributed by atoms with Crippen LogP contribution in [0.15, 0.2) is 16.5 Å². The number of hydrogen-bond donors (Lipinski definition) is 1. The van der Waals surface area contributed by atoms with Crippen molar-refractivity contribution in [3.05, 3.63) is 23.7 Å². The molecule has 1 aromatic heterocycles. The second-order valence-electron chi connectivity index (χ2n) is 4.67. The molecule has 0 saturated heterocycles. The van der Waals surface area contributed by atoms with Gasteiger partial charge in [-0.15, -0.1) is 12.3 Å². The molecule has 16 heavy (non-hydrogen) atoms. The van der Waals surface area contributed by atoms with Crippen LogP contribution in [0.2, 0.25) is 0 Å². The zero-order valence-electron chi connectivity index (χ0n) is 9.65. The molecule has 1 aliphatic carbocycles.